The molecular weight excluding hydrogens is 478 g/mol. The molecule has 2 aromatic carbocycles. The molecular formula is C28H27N9O. The quantitative estimate of drug-likeness (QED) is 0.0975. The number of nitrogens with two attached hydrogens (primary N) is 1. The number of nitrogens with zero attached hydrogens (tertiary/aromatic N) is 7. The van der Waals surface area contributed by atoms with Gasteiger partial charge in [-0.1, -0.05) is 36.4 Å². The second-order valence-corrected chi connectivity index (χ2v) is 8.87. The van der Waals surface area contributed by atoms with Crippen LogP contribution in [-0.4, -0.2) is 30.3 Å². The highest BCUT2D eigenvalue weighted by Crippen LogP contribution is 2.31. The average molecular weight is 506 g/mol. The summed E-state index contributed by atoms with van der Waals surface area (Å²) in [7, 11) is 0. The molecule has 3 N–H and O–H groups in total. The standard InChI is InChI=1S/C28H27N9O/c1-4-25-34-26-17(2)11-18(3)33-28(26)37(25)15-19-5-7-20(8-6-19)24-12-21(38-22-13-31-16-32-14-22)9-10-23(24)27(29)35-36-30/h5-14,16H,4,15H2,1-3H3,(H3,29,30,35). The van der Waals surface area contributed by atoms with Crippen LogP contribution < -0.4 is 10.6 Å². The minimum Gasteiger partial charge on any atom is -0.454 e. The van der Waals surface area contributed by atoms with Crippen LogP contribution in [0.4, 0.5) is 0 Å². The van der Waals surface area contributed by atoms with Crippen LogP contribution in [0.2, 0.25) is 0 Å². The monoisotopic (exact) mass is 505 g/mol. The zero-order valence-corrected chi connectivity index (χ0v) is 21.4. The lowest BCUT2D eigenvalue weighted by Crippen LogP contribution is -2.06. The lowest BCUT2D eigenvalue weighted by Gasteiger charge is -2.13. The van der Waals surface area contributed by atoms with Crippen molar-refractivity contribution in [1.29, 1.82) is 5.41 Å². The Morgan fingerprint density at radius 1 is 1.00 bits per heavy atom. The highest BCUT2D eigenvalue weighted by Gasteiger charge is 2.15. The van der Waals surface area contributed by atoms with E-state index in [2.05, 4.69) is 56.9 Å². The van der Waals surface area contributed by atoms with E-state index in [-0.39, 0.29) is 5.84 Å². The average Bonchev–Trinajstić information content (AvgIpc) is 3.27. The molecule has 0 aliphatic carbocycles. The molecule has 0 aliphatic rings. The molecule has 10 nitrogen and oxygen atoms in total. The number of aryl methyl sites for hydroxylation is 3. The normalized spacial score (nSPS) is 11.3. The summed E-state index contributed by atoms with van der Waals surface area (Å²) < 4.78 is 8.11. The highest BCUT2D eigenvalue weighted by molar-refractivity contribution is 6.03. The molecule has 0 atom stereocenters. The third kappa shape index (κ3) is 4.96. The van der Waals surface area contributed by atoms with Gasteiger partial charge >= 0.3 is 0 Å². The predicted molar refractivity (Wildman–Crippen MR) is 145 cm³/mol. The van der Waals surface area contributed by atoms with E-state index < -0.39 is 0 Å². The summed E-state index contributed by atoms with van der Waals surface area (Å²) in [6.45, 7) is 6.84. The molecule has 0 fully saturated rings. The summed E-state index contributed by atoms with van der Waals surface area (Å²) in [6.07, 6.45) is 5.43. The second kappa shape index (κ2) is 10.6. The van der Waals surface area contributed by atoms with Gasteiger partial charge in [0.2, 0.25) is 0 Å². The van der Waals surface area contributed by atoms with Crippen molar-refractivity contribution in [3.8, 4) is 22.6 Å². The molecule has 0 saturated carbocycles. The zero-order valence-electron chi connectivity index (χ0n) is 21.4. The zero-order chi connectivity index (χ0) is 26.6. The molecule has 0 radical (unpaired) electrons. The molecule has 0 aliphatic heterocycles. The van der Waals surface area contributed by atoms with Gasteiger partial charge in [-0.3, -0.25) is 5.41 Å². The number of benzene rings is 2. The van der Waals surface area contributed by atoms with Gasteiger partial charge in [-0.05, 0) is 60.4 Å². The number of imidazole rings is 1. The van der Waals surface area contributed by atoms with Gasteiger partial charge in [-0.15, -0.1) is 5.11 Å². The van der Waals surface area contributed by atoms with E-state index in [9.17, 15) is 0 Å². The van der Waals surface area contributed by atoms with Gasteiger partial charge in [-0.2, -0.15) is 0 Å². The number of amidine groups is 1. The van der Waals surface area contributed by atoms with E-state index in [1.165, 1.54) is 6.33 Å². The number of hydrogen-bond acceptors (Lipinski definition) is 7. The summed E-state index contributed by atoms with van der Waals surface area (Å²) in [5, 5.41) is 15.3. The van der Waals surface area contributed by atoms with E-state index in [1.54, 1.807) is 24.5 Å². The van der Waals surface area contributed by atoms with Crippen LogP contribution in [0, 0.1) is 19.3 Å². The van der Waals surface area contributed by atoms with Crippen LogP contribution in [0.5, 0.6) is 11.5 Å². The van der Waals surface area contributed by atoms with Crippen LogP contribution in [0.3, 0.4) is 0 Å². The van der Waals surface area contributed by atoms with E-state index in [1.807, 2.05) is 25.1 Å². The van der Waals surface area contributed by atoms with Gasteiger partial charge in [0.05, 0.1) is 18.9 Å². The van der Waals surface area contributed by atoms with Crippen LogP contribution >= 0.6 is 0 Å². The highest BCUT2D eigenvalue weighted by atomic mass is 16.5. The Bertz CT molecular complexity index is 1640. The maximum absolute atomic E-state index is 8.32. The Labute approximate surface area is 219 Å². The van der Waals surface area contributed by atoms with E-state index in [4.69, 9.17) is 26.0 Å². The second-order valence-electron chi connectivity index (χ2n) is 8.87. The number of ether oxygens (including phenoxy) is 1. The first-order chi connectivity index (χ1) is 18.5. The lowest BCUT2D eigenvalue weighted by molar-refractivity contribution is 0.477. The Kier molecular flexibility index (Phi) is 6.86. The molecule has 0 spiro atoms. The molecule has 190 valence electrons. The Hall–Kier alpha value is -4.99. The van der Waals surface area contributed by atoms with E-state index in [0.29, 0.717) is 23.6 Å². The first-order valence-electron chi connectivity index (χ1n) is 12.2. The molecule has 10 heteroatoms. The number of hydrogen-bond donors (Lipinski definition) is 2. The van der Waals surface area contributed by atoms with Crippen molar-refractivity contribution in [2.24, 2.45) is 16.2 Å². The summed E-state index contributed by atoms with van der Waals surface area (Å²) >= 11 is 0. The SMILES string of the molecule is CCc1nc2c(C)cc(C)nc2n1Cc1ccc(-c2cc(Oc3cncnc3)ccc2C(=N)N=NN)cc1. The first kappa shape index (κ1) is 24.7. The van der Waals surface area contributed by atoms with Gasteiger partial charge in [0, 0.05) is 17.7 Å². The Morgan fingerprint density at radius 2 is 1.76 bits per heavy atom. The topological polar surface area (TPSA) is 140 Å². The van der Waals surface area contributed by atoms with Crippen molar-refractivity contribution in [1.82, 2.24) is 24.5 Å². The van der Waals surface area contributed by atoms with Crippen molar-refractivity contribution in [2.45, 2.75) is 33.7 Å². The van der Waals surface area contributed by atoms with Crippen LogP contribution in [0.25, 0.3) is 22.3 Å². The number of fused-ring (bicyclic) bond motifs is 1. The molecule has 0 amide bonds. The largest absolute Gasteiger partial charge is 0.454 e. The first-order valence-corrected chi connectivity index (χ1v) is 12.2. The van der Waals surface area contributed by atoms with Crippen molar-refractivity contribution in [3.05, 3.63) is 95.5 Å². The Morgan fingerprint density at radius 3 is 2.47 bits per heavy atom. The molecule has 38 heavy (non-hydrogen) atoms. The maximum atomic E-state index is 8.32. The number of rotatable bonds is 7. The minimum absolute atomic E-state index is 0.0459. The van der Waals surface area contributed by atoms with Crippen molar-refractivity contribution in [2.75, 3.05) is 0 Å². The van der Waals surface area contributed by atoms with Crippen molar-refractivity contribution < 1.29 is 4.74 Å². The number of nitrogens with one attached hydrogen (secondary N) is 1. The van der Waals surface area contributed by atoms with Gasteiger partial charge in [0.25, 0.3) is 0 Å². The molecule has 5 aromatic rings. The molecule has 0 saturated heterocycles. The minimum atomic E-state index is -0.0459. The van der Waals surface area contributed by atoms with Crippen LogP contribution in [0.1, 0.15) is 35.1 Å². The summed E-state index contributed by atoms with van der Waals surface area (Å²) in [5.41, 5.74) is 7.30. The fourth-order valence-corrected chi connectivity index (χ4v) is 4.47. The fraction of sp³-hybridized carbons (Fsp3) is 0.179. The van der Waals surface area contributed by atoms with Crippen LogP contribution in [0.15, 0.2) is 77.6 Å². The van der Waals surface area contributed by atoms with Crippen molar-refractivity contribution in [3.63, 3.8) is 0 Å². The van der Waals surface area contributed by atoms with Crippen LogP contribution in [-0.2, 0) is 13.0 Å². The molecule has 3 heterocycles. The number of pyridine rings is 1. The lowest BCUT2D eigenvalue weighted by atomic mass is 9.97. The summed E-state index contributed by atoms with van der Waals surface area (Å²) in [6, 6.07) is 15.6. The predicted octanol–water partition coefficient (Wildman–Crippen LogP) is 5.56. The summed E-state index contributed by atoms with van der Waals surface area (Å²) in [4.78, 5) is 17.6. The summed E-state index contributed by atoms with van der Waals surface area (Å²) in [5.74, 6) is 7.27. The molecule has 0 unspecified atom stereocenters. The van der Waals surface area contributed by atoms with Gasteiger partial charge in [0.15, 0.2) is 17.2 Å². The van der Waals surface area contributed by atoms with E-state index >= 15 is 0 Å². The van der Waals surface area contributed by atoms with Gasteiger partial charge in [0.1, 0.15) is 23.4 Å². The maximum Gasteiger partial charge on any atom is 0.176 e. The third-order valence-electron chi connectivity index (χ3n) is 6.20. The number of aromatic nitrogens is 5. The fourth-order valence-electron chi connectivity index (χ4n) is 4.47. The molecule has 5 rings (SSSR count). The smallest absolute Gasteiger partial charge is 0.176 e. The van der Waals surface area contributed by atoms with Crippen molar-refractivity contribution >= 4 is 17.0 Å². The van der Waals surface area contributed by atoms with Gasteiger partial charge < -0.3 is 15.1 Å². The van der Waals surface area contributed by atoms with Gasteiger partial charge in [-0.25, -0.2) is 19.9 Å². The molecule has 3 aromatic heterocycles. The van der Waals surface area contributed by atoms with E-state index in [0.717, 1.165) is 51.4 Å². The third-order valence-corrected chi connectivity index (χ3v) is 6.20. The Balaban J connectivity index is 1.50. The molecule has 0 bridgehead atoms.